The van der Waals surface area contributed by atoms with Crippen molar-refractivity contribution in [2.24, 2.45) is 0 Å². The van der Waals surface area contributed by atoms with Gasteiger partial charge < -0.3 is 15.2 Å². The predicted octanol–water partition coefficient (Wildman–Crippen LogP) is 5.16. The van der Waals surface area contributed by atoms with Crippen LogP contribution in [0.1, 0.15) is 37.9 Å². The van der Waals surface area contributed by atoms with Crippen molar-refractivity contribution in [3.63, 3.8) is 0 Å². The average Bonchev–Trinajstić information content (AvgIpc) is 2.76. The highest BCUT2D eigenvalue weighted by Gasteiger charge is 2.21. The normalized spacial score (nSPS) is 12.6. The number of hydrogen-bond donors (Lipinski definition) is 3. The standard InChI is InChI=1S/C26H29FN2O5S/c1-17-8-13-22(23(27)14-17)18-9-11-21(12-10-18)35(32,33)29-20-7-5-6-19(15-20)24(16-30)28-25(31)34-26(2,3)4/h5-15,24,29-30H,16H2,1-4H3,(H,28,31)/t24-/m1/s1. The van der Waals surface area contributed by atoms with Crippen LogP contribution >= 0.6 is 0 Å². The van der Waals surface area contributed by atoms with Crippen LogP contribution in [0.25, 0.3) is 11.1 Å². The number of rotatable bonds is 7. The lowest BCUT2D eigenvalue weighted by Gasteiger charge is -2.23. The molecule has 0 bridgehead atoms. The predicted molar refractivity (Wildman–Crippen MR) is 133 cm³/mol. The molecule has 0 saturated carbocycles. The Morgan fingerprint density at radius 2 is 1.74 bits per heavy atom. The van der Waals surface area contributed by atoms with E-state index in [0.29, 0.717) is 16.7 Å². The third-order valence-corrected chi connectivity index (χ3v) is 6.41. The minimum absolute atomic E-state index is 0.00441. The third kappa shape index (κ3) is 7.03. The summed E-state index contributed by atoms with van der Waals surface area (Å²) < 4.78 is 47.8. The Balaban J connectivity index is 1.77. The van der Waals surface area contributed by atoms with Crippen LogP contribution < -0.4 is 10.0 Å². The number of carbonyl (C=O) groups is 1. The first-order chi connectivity index (χ1) is 16.4. The molecule has 0 aromatic heterocycles. The van der Waals surface area contributed by atoms with Gasteiger partial charge >= 0.3 is 6.09 Å². The molecule has 0 aliphatic heterocycles. The van der Waals surface area contributed by atoms with E-state index in [9.17, 15) is 22.7 Å². The van der Waals surface area contributed by atoms with Crippen LogP contribution in [0, 0.1) is 12.7 Å². The zero-order valence-corrected chi connectivity index (χ0v) is 20.8. The fraction of sp³-hybridized carbons (Fsp3) is 0.269. The quantitative estimate of drug-likeness (QED) is 0.416. The van der Waals surface area contributed by atoms with Crippen molar-refractivity contribution in [2.75, 3.05) is 11.3 Å². The molecule has 3 N–H and O–H groups in total. The molecule has 0 aliphatic carbocycles. The first-order valence-electron chi connectivity index (χ1n) is 11.0. The van der Waals surface area contributed by atoms with Crippen molar-refractivity contribution < 1.29 is 27.4 Å². The number of benzene rings is 3. The van der Waals surface area contributed by atoms with Crippen molar-refractivity contribution in [1.82, 2.24) is 5.32 Å². The van der Waals surface area contributed by atoms with Crippen molar-refractivity contribution in [3.8, 4) is 11.1 Å². The van der Waals surface area contributed by atoms with Crippen LogP contribution in [0.4, 0.5) is 14.9 Å². The number of sulfonamides is 1. The SMILES string of the molecule is Cc1ccc(-c2ccc(S(=O)(=O)Nc3cccc([C@@H](CO)NC(=O)OC(C)(C)C)c3)cc2)c(F)c1. The number of carbonyl (C=O) groups excluding carboxylic acids is 1. The van der Waals surface area contributed by atoms with Gasteiger partial charge in [0.15, 0.2) is 0 Å². The highest BCUT2D eigenvalue weighted by Crippen LogP contribution is 2.26. The molecule has 3 aromatic rings. The second-order valence-corrected chi connectivity index (χ2v) is 10.8. The molecule has 9 heteroatoms. The Morgan fingerprint density at radius 3 is 2.34 bits per heavy atom. The molecule has 0 spiro atoms. The van der Waals surface area contributed by atoms with E-state index in [2.05, 4.69) is 10.0 Å². The molecule has 186 valence electrons. The van der Waals surface area contributed by atoms with Crippen LogP contribution in [0.15, 0.2) is 71.6 Å². The van der Waals surface area contributed by atoms with Crippen LogP contribution in [0.5, 0.6) is 0 Å². The van der Waals surface area contributed by atoms with Gasteiger partial charge in [0.05, 0.1) is 17.5 Å². The molecule has 1 amide bonds. The summed E-state index contributed by atoms with van der Waals surface area (Å²) in [5, 5.41) is 12.3. The number of nitrogens with one attached hydrogen (secondary N) is 2. The summed E-state index contributed by atoms with van der Waals surface area (Å²) in [5.74, 6) is -0.381. The molecule has 0 unspecified atom stereocenters. The van der Waals surface area contributed by atoms with E-state index >= 15 is 0 Å². The molecule has 1 atom stereocenters. The van der Waals surface area contributed by atoms with E-state index in [1.54, 1.807) is 70.2 Å². The molecule has 0 radical (unpaired) electrons. The molecule has 0 aliphatic rings. The molecular weight excluding hydrogens is 471 g/mol. The van der Waals surface area contributed by atoms with Gasteiger partial charge in [-0.1, -0.05) is 36.4 Å². The van der Waals surface area contributed by atoms with E-state index in [1.165, 1.54) is 24.3 Å². The van der Waals surface area contributed by atoms with Crippen molar-refractivity contribution in [2.45, 2.75) is 44.2 Å². The Hall–Kier alpha value is -3.43. The molecule has 0 fully saturated rings. The summed E-state index contributed by atoms with van der Waals surface area (Å²) in [6.07, 6.45) is -0.701. The van der Waals surface area contributed by atoms with E-state index in [-0.39, 0.29) is 16.4 Å². The molecule has 3 rings (SSSR count). The lowest BCUT2D eigenvalue weighted by molar-refractivity contribution is 0.0482. The lowest BCUT2D eigenvalue weighted by Crippen LogP contribution is -2.36. The Kier molecular flexibility index (Phi) is 7.82. The number of anilines is 1. The van der Waals surface area contributed by atoms with Gasteiger partial charge in [-0.2, -0.15) is 0 Å². The third-order valence-electron chi connectivity index (χ3n) is 5.01. The number of aliphatic hydroxyl groups excluding tert-OH is 1. The Bertz CT molecular complexity index is 1300. The Labute approximate surface area is 205 Å². The van der Waals surface area contributed by atoms with Gasteiger partial charge in [0.2, 0.25) is 0 Å². The van der Waals surface area contributed by atoms with Crippen LogP contribution in [0.3, 0.4) is 0 Å². The Morgan fingerprint density at radius 1 is 1.06 bits per heavy atom. The maximum Gasteiger partial charge on any atom is 0.408 e. The van der Waals surface area contributed by atoms with E-state index in [4.69, 9.17) is 4.74 Å². The fourth-order valence-electron chi connectivity index (χ4n) is 3.39. The summed E-state index contributed by atoms with van der Waals surface area (Å²) in [6.45, 7) is 6.55. The second-order valence-electron chi connectivity index (χ2n) is 9.12. The second kappa shape index (κ2) is 10.5. The number of hydrogen-bond acceptors (Lipinski definition) is 5. The largest absolute Gasteiger partial charge is 0.444 e. The topological polar surface area (TPSA) is 105 Å². The summed E-state index contributed by atoms with van der Waals surface area (Å²) in [5.41, 5.74) is 1.77. The van der Waals surface area contributed by atoms with Gasteiger partial charge in [-0.05, 0) is 74.7 Å². The van der Waals surface area contributed by atoms with Gasteiger partial charge in [0.25, 0.3) is 10.0 Å². The molecule has 0 saturated heterocycles. The maximum absolute atomic E-state index is 14.3. The van der Waals surface area contributed by atoms with Gasteiger partial charge in [0.1, 0.15) is 11.4 Å². The zero-order chi connectivity index (χ0) is 25.8. The summed E-state index contributed by atoms with van der Waals surface area (Å²) in [4.78, 5) is 12.1. The first-order valence-corrected chi connectivity index (χ1v) is 12.5. The van der Waals surface area contributed by atoms with Gasteiger partial charge in [0, 0.05) is 11.3 Å². The summed E-state index contributed by atoms with van der Waals surface area (Å²) in [6, 6.07) is 16.3. The summed E-state index contributed by atoms with van der Waals surface area (Å²) >= 11 is 0. The van der Waals surface area contributed by atoms with Gasteiger partial charge in [-0.15, -0.1) is 0 Å². The summed E-state index contributed by atoms with van der Waals surface area (Å²) in [7, 11) is -3.94. The van der Waals surface area contributed by atoms with Gasteiger partial charge in [-0.3, -0.25) is 4.72 Å². The average molecular weight is 501 g/mol. The van der Waals surface area contributed by atoms with Crippen molar-refractivity contribution in [1.29, 1.82) is 0 Å². The first kappa shape index (κ1) is 26.2. The minimum atomic E-state index is -3.94. The molecule has 0 heterocycles. The van der Waals surface area contributed by atoms with Crippen LogP contribution in [-0.4, -0.2) is 31.8 Å². The monoisotopic (exact) mass is 500 g/mol. The number of ether oxygens (including phenoxy) is 1. The highest BCUT2D eigenvalue weighted by molar-refractivity contribution is 7.92. The highest BCUT2D eigenvalue weighted by atomic mass is 32.2. The van der Waals surface area contributed by atoms with Crippen LogP contribution in [0.2, 0.25) is 0 Å². The van der Waals surface area contributed by atoms with E-state index < -0.39 is 34.4 Å². The molecule has 7 nitrogen and oxygen atoms in total. The van der Waals surface area contributed by atoms with Crippen molar-refractivity contribution >= 4 is 21.8 Å². The lowest BCUT2D eigenvalue weighted by atomic mass is 10.0. The minimum Gasteiger partial charge on any atom is -0.444 e. The van der Waals surface area contributed by atoms with E-state index in [0.717, 1.165) is 5.56 Å². The number of alkyl carbamates (subject to hydrolysis) is 1. The number of aryl methyl sites for hydroxylation is 1. The molecule has 3 aromatic carbocycles. The van der Waals surface area contributed by atoms with Crippen LogP contribution in [-0.2, 0) is 14.8 Å². The number of aliphatic hydroxyl groups is 1. The van der Waals surface area contributed by atoms with Gasteiger partial charge in [-0.25, -0.2) is 17.6 Å². The zero-order valence-electron chi connectivity index (χ0n) is 20.0. The smallest absolute Gasteiger partial charge is 0.408 e. The molecular formula is C26H29FN2O5S. The van der Waals surface area contributed by atoms with Crippen molar-refractivity contribution in [3.05, 3.63) is 83.7 Å². The maximum atomic E-state index is 14.3. The number of amides is 1. The fourth-order valence-corrected chi connectivity index (χ4v) is 4.43. The molecule has 35 heavy (non-hydrogen) atoms. The number of halogens is 1. The van der Waals surface area contributed by atoms with E-state index in [1.807, 2.05) is 0 Å².